The summed E-state index contributed by atoms with van der Waals surface area (Å²) in [4.78, 5) is 11.1. The maximum Gasteiger partial charge on any atom is 0.359 e. The van der Waals surface area contributed by atoms with Gasteiger partial charge in [-0.05, 0) is 13.8 Å². The van der Waals surface area contributed by atoms with Crippen molar-refractivity contribution in [3.63, 3.8) is 0 Å². The smallest absolute Gasteiger partial charge is 0.359 e. The Balaban J connectivity index is 2.75. The Kier molecular flexibility index (Phi) is 3.68. The zero-order chi connectivity index (χ0) is 11.4. The van der Waals surface area contributed by atoms with Crippen molar-refractivity contribution in [3.8, 4) is 5.75 Å². The van der Waals surface area contributed by atoms with E-state index in [2.05, 4.69) is 14.9 Å². The minimum Gasteiger partial charge on any atom is -0.504 e. The number of carbonyl (C=O) groups is 1. The van der Waals surface area contributed by atoms with Crippen LogP contribution in [0.5, 0.6) is 5.75 Å². The minimum absolute atomic E-state index is 0.0303. The van der Waals surface area contributed by atoms with E-state index in [-0.39, 0.29) is 24.2 Å². The van der Waals surface area contributed by atoms with Crippen molar-refractivity contribution in [1.29, 1.82) is 0 Å². The molecule has 0 aromatic carbocycles. The van der Waals surface area contributed by atoms with E-state index in [0.29, 0.717) is 5.69 Å². The first kappa shape index (κ1) is 11.5. The number of methoxy groups -OCH3 is 1. The monoisotopic (exact) mass is 214 g/mol. The summed E-state index contributed by atoms with van der Waals surface area (Å²) in [5.74, 6) is -0.877. The SMILES string of the molecule is COC(=O)c1[nH]nc(COC(C)C)c1O. The Bertz CT molecular complexity index is 346. The molecule has 0 unspecified atom stereocenters. The third-order valence-corrected chi connectivity index (χ3v) is 1.76. The highest BCUT2D eigenvalue weighted by atomic mass is 16.5. The van der Waals surface area contributed by atoms with E-state index in [4.69, 9.17) is 4.74 Å². The van der Waals surface area contributed by atoms with Gasteiger partial charge in [-0.15, -0.1) is 0 Å². The van der Waals surface area contributed by atoms with E-state index >= 15 is 0 Å². The Morgan fingerprint density at radius 1 is 1.60 bits per heavy atom. The number of ether oxygens (including phenoxy) is 2. The number of H-pyrrole nitrogens is 1. The van der Waals surface area contributed by atoms with Gasteiger partial charge in [0.2, 0.25) is 0 Å². The van der Waals surface area contributed by atoms with Gasteiger partial charge in [-0.25, -0.2) is 4.79 Å². The summed E-state index contributed by atoms with van der Waals surface area (Å²) in [6.45, 7) is 3.88. The molecule has 0 aliphatic carbocycles. The molecular formula is C9H14N2O4. The third-order valence-electron chi connectivity index (χ3n) is 1.76. The molecule has 1 aromatic heterocycles. The third kappa shape index (κ3) is 2.69. The molecule has 0 aliphatic rings. The Hall–Kier alpha value is -1.56. The van der Waals surface area contributed by atoms with E-state index in [9.17, 15) is 9.90 Å². The fourth-order valence-corrected chi connectivity index (χ4v) is 0.964. The fraction of sp³-hybridized carbons (Fsp3) is 0.556. The lowest BCUT2D eigenvalue weighted by Gasteiger charge is -2.04. The van der Waals surface area contributed by atoms with Crippen molar-refractivity contribution < 1.29 is 19.4 Å². The van der Waals surface area contributed by atoms with Gasteiger partial charge in [0, 0.05) is 0 Å². The van der Waals surface area contributed by atoms with Crippen molar-refractivity contribution in [2.75, 3.05) is 7.11 Å². The van der Waals surface area contributed by atoms with Crippen molar-refractivity contribution in [2.45, 2.75) is 26.6 Å². The zero-order valence-corrected chi connectivity index (χ0v) is 8.90. The zero-order valence-electron chi connectivity index (χ0n) is 8.90. The highest BCUT2D eigenvalue weighted by Crippen LogP contribution is 2.20. The Labute approximate surface area is 87.2 Å². The number of aromatic hydroxyl groups is 1. The van der Waals surface area contributed by atoms with Gasteiger partial charge in [0.25, 0.3) is 0 Å². The van der Waals surface area contributed by atoms with Gasteiger partial charge >= 0.3 is 5.97 Å². The topological polar surface area (TPSA) is 84.4 Å². The molecule has 84 valence electrons. The summed E-state index contributed by atoms with van der Waals surface area (Å²) in [5, 5.41) is 15.7. The van der Waals surface area contributed by atoms with E-state index in [1.807, 2.05) is 13.8 Å². The van der Waals surface area contributed by atoms with Crippen LogP contribution in [0.15, 0.2) is 0 Å². The summed E-state index contributed by atoms with van der Waals surface area (Å²) in [5.41, 5.74) is 0.240. The molecule has 0 aliphatic heterocycles. The number of hydrogen-bond acceptors (Lipinski definition) is 5. The molecule has 0 amide bonds. The van der Waals surface area contributed by atoms with Crippen LogP contribution in [0.2, 0.25) is 0 Å². The van der Waals surface area contributed by atoms with E-state index in [0.717, 1.165) is 0 Å². The predicted molar refractivity (Wildman–Crippen MR) is 51.5 cm³/mol. The van der Waals surface area contributed by atoms with Crippen molar-refractivity contribution >= 4 is 5.97 Å². The standard InChI is InChI=1S/C9H14N2O4/c1-5(2)15-4-6-8(12)7(11-10-6)9(13)14-3/h5,12H,4H2,1-3H3,(H,10,11). The van der Waals surface area contributed by atoms with Crippen LogP contribution in [0, 0.1) is 0 Å². The van der Waals surface area contributed by atoms with Crippen LogP contribution < -0.4 is 0 Å². The summed E-state index contributed by atoms with van der Waals surface area (Å²) in [6, 6.07) is 0. The number of nitrogens with one attached hydrogen (secondary N) is 1. The molecule has 0 atom stereocenters. The molecule has 0 radical (unpaired) electrons. The first-order chi connectivity index (χ1) is 7.06. The van der Waals surface area contributed by atoms with E-state index in [1.54, 1.807) is 0 Å². The van der Waals surface area contributed by atoms with Crippen LogP contribution >= 0.6 is 0 Å². The molecule has 0 spiro atoms. The maximum atomic E-state index is 11.1. The van der Waals surface area contributed by atoms with Crippen molar-refractivity contribution in [3.05, 3.63) is 11.4 Å². The Morgan fingerprint density at radius 2 is 2.27 bits per heavy atom. The highest BCUT2D eigenvalue weighted by molar-refractivity contribution is 5.90. The summed E-state index contributed by atoms with van der Waals surface area (Å²) < 4.78 is 9.69. The van der Waals surface area contributed by atoms with Gasteiger partial charge in [-0.1, -0.05) is 0 Å². The largest absolute Gasteiger partial charge is 0.504 e. The quantitative estimate of drug-likeness (QED) is 0.725. The van der Waals surface area contributed by atoms with Crippen LogP contribution in [-0.4, -0.2) is 34.5 Å². The summed E-state index contributed by atoms with van der Waals surface area (Å²) in [7, 11) is 1.23. The van der Waals surface area contributed by atoms with Gasteiger partial charge in [0.1, 0.15) is 5.69 Å². The van der Waals surface area contributed by atoms with Crippen LogP contribution in [0.25, 0.3) is 0 Å². The lowest BCUT2D eigenvalue weighted by molar-refractivity contribution is 0.0588. The highest BCUT2D eigenvalue weighted by Gasteiger charge is 2.19. The first-order valence-corrected chi connectivity index (χ1v) is 4.52. The average molecular weight is 214 g/mol. The molecule has 0 fully saturated rings. The predicted octanol–water partition coefficient (Wildman–Crippen LogP) is 0.827. The van der Waals surface area contributed by atoms with Crippen LogP contribution in [0.4, 0.5) is 0 Å². The second kappa shape index (κ2) is 4.79. The lowest BCUT2D eigenvalue weighted by atomic mass is 10.3. The van der Waals surface area contributed by atoms with Crippen LogP contribution in [0.3, 0.4) is 0 Å². The number of carbonyl (C=O) groups excluding carboxylic acids is 1. The molecule has 0 saturated heterocycles. The van der Waals surface area contributed by atoms with Crippen molar-refractivity contribution in [1.82, 2.24) is 10.2 Å². The summed E-state index contributed by atoms with van der Waals surface area (Å²) >= 11 is 0. The van der Waals surface area contributed by atoms with Gasteiger partial charge in [0.05, 0.1) is 19.8 Å². The first-order valence-electron chi connectivity index (χ1n) is 4.52. The average Bonchev–Trinajstić information content (AvgIpc) is 2.56. The second-order valence-electron chi connectivity index (χ2n) is 3.25. The lowest BCUT2D eigenvalue weighted by Crippen LogP contribution is -2.03. The van der Waals surface area contributed by atoms with Gasteiger partial charge in [0.15, 0.2) is 11.4 Å². The molecule has 2 N–H and O–H groups in total. The fourth-order valence-electron chi connectivity index (χ4n) is 0.964. The molecule has 1 rings (SSSR count). The minimum atomic E-state index is -0.657. The van der Waals surface area contributed by atoms with E-state index < -0.39 is 5.97 Å². The number of esters is 1. The normalized spacial score (nSPS) is 10.7. The molecule has 6 nitrogen and oxygen atoms in total. The second-order valence-corrected chi connectivity index (χ2v) is 3.25. The van der Waals surface area contributed by atoms with Gasteiger partial charge in [-0.2, -0.15) is 5.10 Å². The molecule has 0 saturated carbocycles. The number of rotatable bonds is 4. The van der Waals surface area contributed by atoms with Gasteiger partial charge in [-0.3, -0.25) is 5.10 Å². The molecule has 1 heterocycles. The summed E-state index contributed by atoms with van der Waals surface area (Å²) in [6.07, 6.45) is 0.0303. The number of aromatic nitrogens is 2. The Morgan fingerprint density at radius 3 is 2.80 bits per heavy atom. The maximum absolute atomic E-state index is 11.1. The molecule has 15 heavy (non-hydrogen) atoms. The number of hydrogen-bond donors (Lipinski definition) is 2. The molecule has 0 bridgehead atoms. The number of aromatic amines is 1. The molecular weight excluding hydrogens is 200 g/mol. The number of nitrogens with zero attached hydrogens (tertiary/aromatic N) is 1. The van der Waals surface area contributed by atoms with E-state index in [1.165, 1.54) is 7.11 Å². The van der Waals surface area contributed by atoms with Crippen molar-refractivity contribution in [2.24, 2.45) is 0 Å². The van der Waals surface area contributed by atoms with Gasteiger partial charge < -0.3 is 14.6 Å². The van der Waals surface area contributed by atoms with Crippen LogP contribution in [0.1, 0.15) is 30.0 Å². The van der Waals surface area contributed by atoms with Crippen LogP contribution in [-0.2, 0) is 16.1 Å². The molecule has 1 aromatic rings. The molecule has 6 heteroatoms.